The number of carbonyl (C=O) groups is 2. The fraction of sp³-hybridized carbons (Fsp3) is 0.222. The van der Waals surface area contributed by atoms with E-state index in [0.717, 1.165) is 10.0 Å². The third kappa shape index (κ3) is 5.22. The molecule has 132 valence electrons. The van der Waals surface area contributed by atoms with Gasteiger partial charge in [0.25, 0.3) is 0 Å². The number of rotatable bonds is 8. The maximum Gasteiger partial charge on any atom is 0.344 e. The topological polar surface area (TPSA) is 71.1 Å². The summed E-state index contributed by atoms with van der Waals surface area (Å²) >= 11 is 3.37. The molecule has 0 heterocycles. The Morgan fingerprint density at radius 3 is 2.40 bits per heavy atom. The molecule has 2 aromatic rings. The standard InChI is InChI=1S/C18H17BrO6/c1-22-15-5-4-13(7-14(15)19)10-25-18(21)11-24-16-6-3-12(9-20)8-17(16)23-2/h3-9H,10-11H2,1-2H3. The molecule has 7 heteroatoms. The summed E-state index contributed by atoms with van der Waals surface area (Å²) in [5.74, 6) is 0.909. The predicted octanol–water partition coefficient (Wildman–Crippen LogP) is 3.40. The van der Waals surface area contributed by atoms with E-state index in [-0.39, 0.29) is 13.2 Å². The Balaban J connectivity index is 1.88. The first-order valence-corrected chi connectivity index (χ1v) is 8.10. The molecule has 0 amide bonds. The fourth-order valence-electron chi connectivity index (χ4n) is 2.02. The molecule has 0 spiro atoms. The minimum atomic E-state index is -0.520. The molecule has 0 aliphatic rings. The van der Waals surface area contributed by atoms with Gasteiger partial charge in [0.1, 0.15) is 18.6 Å². The molecule has 0 aliphatic heterocycles. The molecule has 0 aliphatic carbocycles. The number of aldehydes is 1. The van der Waals surface area contributed by atoms with E-state index in [2.05, 4.69) is 15.9 Å². The van der Waals surface area contributed by atoms with Gasteiger partial charge in [0.2, 0.25) is 0 Å². The van der Waals surface area contributed by atoms with Gasteiger partial charge >= 0.3 is 5.97 Å². The van der Waals surface area contributed by atoms with E-state index >= 15 is 0 Å². The van der Waals surface area contributed by atoms with Crippen LogP contribution in [-0.2, 0) is 16.1 Å². The van der Waals surface area contributed by atoms with E-state index in [1.165, 1.54) is 13.2 Å². The maximum absolute atomic E-state index is 11.8. The van der Waals surface area contributed by atoms with Crippen LogP contribution in [0.2, 0.25) is 0 Å². The first kappa shape index (κ1) is 18.8. The summed E-state index contributed by atoms with van der Waals surface area (Å²) in [5, 5.41) is 0. The molecule has 2 rings (SSSR count). The normalized spacial score (nSPS) is 10.0. The van der Waals surface area contributed by atoms with Crippen molar-refractivity contribution in [3.8, 4) is 17.2 Å². The van der Waals surface area contributed by atoms with Gasteiger partial charge < -0.3 is 18.9 Å². The van der Waals surface area contributed by atoms with Crippen LogP contribution >= 0.6 is 15.9 Å². The van der Waals surface area contributed by atoms with Gasteiger partial charge in [-0.05, 0) is 51.8 Å². The van der Waals surface area contributed by atoms with Crippen molar-refractivity contribution in [2.45, 2.75) is 6.61 Å². The molecule has 0 saturated carbocycles. The third-order valence-corrected chi connectivity index (χ3v) is 3.91. The number of esters is 1. The summed E-state index contributed by atoms with van der Waals surface area (Å²) in [6.45, 7) is -0.153. The van der Waals surface area contributed by atoms with Gasteiger partial charge in [-0.2, -0.15) is 0 Å². The van der Waals surface area contributed by atoms with Crippen LogP contribution in [-0.4, -0.2) is 33.1 Å². The van der Waals surface area contributed by atoms with Gasteiger partial charge in [-0.25, -0.2) is 4.79 Å². The fourth-order valence-corrected chi connectivity index (χ4v) is 2.61. The minimum absolute atomic E-state index is 0.117. The number of hydrogen-bond donors (Lipinski definition) is 0. The van der Waals surface area contributed by atoms with Crippen molar-refractivity contribution in [3.63, 3.8) is 0 Å². The molecular weight excluding hydrogens is 392 g/mol. The smallest absolute Gasteiger partial charge is 0.344 e. The Morgan fingerprint density at radius 1 is 1.04 bits per heavy atom. The van der Waals surface area contributed by atoms with Crippen molar-refractivity contribution in [1.29, 1.82) is 0 Å². The highest BCUT2D eigenvalue weighted by atomic mass is 79.9. The highest BCUT2D eigenvalue weighted by Gasteiger charge is 2.10. The van der Waals surface area contributed by atoms with Crippen LogP contribution in [0.4, 0.5) is 0 Å². The predicted molar refractivity (Wildman–Crippen MR) is 94.4 cm³/mol. The van der Waals surface area contributed by atoms with Crippen molar-refractivity contribution in [1.82, 2.24) is 0 Å². The highest BCUT2D eigenvalue weighted by Crippen LogP contribution is 2.28. The van der Waals surface area contributed by atoms with Crippen molar-refractivity contribution < 1.29 is 28.5 Å². The molecule has 2 aromatic carbocycles. The average Bonchev–Trinajstić information content (AvgIpc) is 2.64. The Labute approximate surface area is 153 Å². The zero-order valence-corrected chi connectivity index (χ0v) is 15.4. The quantitative estimate of drug-likeness (QED) is 0.492. The van der Waals surface area contributed by atoms with Crippen LogP contribution in [0.15, 0.2) is 40.9 Å². The van der Waals surface area contributed by atoms with Crippen LogP contribution in [0, 0.1) is 0 Å². The lowest BCUT2D eigenvalue weighted by Gasteiger charge is -2.11. The number of carbonyl (C=O) groups excluding carboxylic acids is 2. The lowest BCUT2D eigenvalue weighted by Crippen LogP contribution is -2.15. The van der Waals surface area contributed by atoms with Crippen LogP contribution in [0.3, 0.4) is 0 Å². The van der Waals surface area contributed by atoms with Gasteiger partial charge in [-0.15, -0.1) is 0 Å². The Kier molecular flexibility index (Phi) is 6.82. The Hall–Kier alpha value is -2.54. The van der Waals surface area contributed by atoms with Crippen molar-refractivity contribution >= 4 is 28.2 Å². The number of halogens is 1. The largest absolute Gasteiger partial charge is 0.496 e. The molecular formula is C18H17BrO6. The zero-order valence-electron chi connectivity index (χ0n) is 13.8. The van der Waals surface area contributed by atoms with Crippen molar-refractivity contribution in [2.75, 3.05) is 20.8 Å². The van der Waals surface area contributed by atoms with Gasteiger partial charge in [0.15, 0.2) is 18.1 Å². The molecule has 0 unspecified atom stereocenters. The van der Waals surface area contributed by atoms with Gasteiger partial charge in [0.05, 0.1) is 18.7 Å². The summed E-state index contributed by atoms with van der Waals surface area (Å²) in [6.07, 6.45) is 0.702. The van der Waals surface area contributed by atoms with Crippen LogP contribution in [0.1, 0.15) is 15.9 Å². The molecule has 0 bridgehead atoms. The van der Waals surface area contributed by atoms with E-state index in [4.69, 9.17) is 18.9 Å². The third-order valence-electron chi connectivity index (χ3n) is 3.29. The summed E-state index contributed by atoms with van der Waals surface area (Å²) < 4.78 is 21.6. The number of hydrogen-bond acceptors (Lipinski definition) is 6. The lowest BCUT2D eigenvalue weighted by molar-refractivity contribution is -0.147. The van der Waals surface area contributed by atoms with Crippen molar-refractivity contribution in [2.24, 2.45) is 0 Å². The molecule has 25 heavy (non-hydrogen) atoms. The van der Waals surface area contributed by atoms with Crippen LogP contribution in [0.25, 0.3) is 0 Å². The Bertz CT molecular complexity index is 759. The van der Waals surface area contributed by atoms with Crippen LogP contribution in [0.5, 0.6) is 17.2 Å². The number of benzene rings is 2. The molecule has 0 saturated heterocycles. The highest BCUT2D eigenvalue weighted by molar-refractivity contribution is 9.10. The van der Waals surface area contributed by atoms with Gasteiger partial charge in [-0.1, -0.05) is 6.07 Å². The van der Waals surface area contributed by atoms with E-state index in [1.807, 2.05) is 6.07 Å². The van der Waals surface area contributed by atoms with E-state index in [0.29, 0.717) is 29.1 Å². The molecule has 0 aromatic heterocycles. The first-order chi connectivity index (χ1) is 12.1. The number of ether oxygens (including phenoxy) is 4. The summed E-state index contributed by atoms with van der Waals surface area (Å²) in [6, 6.07) is 10.1. The van der Waals surface area contributed by atoms with E-state index in [1.54, 1.807) is 31.4 Å². The molecule has 0 N–H and O–H groups in total. The van der Waals surface area contributed by atoms with Gasteiger partial charge in [-0.3, -0.25) is 4.79 Å². The monoisotopic (exact) mass is 408 g/mol. The minimum Gasteiger partial charge on any atom is -0.496 e. The maximum atomic E-state index is 11.8. The molecule has 0 fully saturated rings. The van der Waals surface area contributed by atoms with E-state index < -0.39 is 5.97 Å². The average molecular weight is 409 g/mol. The Morgan fingerprint density at radius 2 is 1.76 bits per heavy atom. The van der Waals surface area contributed by atoms with Crippen molar-refractivity contribution in [3.05, 3.63) is 52.0 Å². The second-order valence-corrected chi connectivity index (χ2v) is 5.80. The van der Waals surface area contributed by atoms with Crippen LogP contribution < -0.4 is 14.2 Å². The summed E-state index contributed by atoms with van der Waals surface area (Å²) in [4.78, 5) is 22.6. The summed E-state index contributed by atoms with van der Waals surface area (Å²) in [5.41, 5.74) is 1.27. The lowest BCUT2D eigenvalue weighted by atomic mass is 10.2. The van der Waals surface area contributed by atoms with Gasteiger partial charge in [0, 0.05) is 5.56 Å². The second kappa shape index (κ2) is 9.08. The SMILES string of the molecule is COc1ccc(COC(=O)COc2ccc(C=O)cc2OC)cc1Br. The number of methoxy groups -OCH3 is 2. The second-order valence-electron chi connectivity index (χ2n) is 4.95. The molecule has 0 radical (unpaired) electrons. The first-order valence-electron chi connectivity index (χ1n) is 7.31. The molecule has 0 atom stereocenters. The van der Waals surface area contributed by atoms with E-state index in [9.17, 15) is 9.59 Å². The zero-order chi connectivity index (χ0) is 18.2. The summed E-state index contributed by atoms with van der Waals surface area (Å²) in [7, 11) is 3.03. The molecule has 6 nitrogen and oxygen atoms in total.